The molecule has 8 heteroatoms. The minimum Gasteiger partial charge on any atom is -0.480 e. The first-order valence-electron chi connectivity index (χ1n) is 8.15. The summed E-state index contributed by atoms with van der Waals surface area (Å²) in [5, 5.41) is 10.9. The number of nitrogens with zero attached hydrogens (tertiary/aromatic N) is 1. The lowest BCUT2D eigenvalue weighted by Crippen LogP contribution is -2.46. The predicted molar refractivity (Wildman–Crippen MR) is 92.7 cm³/mol. The highest BCUT2D eigenvalue weighted by Crippen LogP contribution is 2.28. The first-order valence-corrected chi connectivity index (χ1v) is 9.59. The molecule has 1 fully saturated rings. The lowest BCUT2D eigenvalue weighted by atomic mass is 9.87. The molecule has 0 spiro atoms. The fourth-order valence-corrected chi connectivity index (χ4v) is 4.49. The van der Waals surface area contributed by atoms with Gasteiger partial charge in [0.2, 0.25) is 15.9 Å². The van der Waals surface area contributed by atoms with Crippen LogP contribution in [0.2, 0.25) is 0 Å². The van der Waals surface area contributed by atoms with Crippen molar-refractivity contribution < 1.29 is 23.1 Å². The summed E-state index contributed by atoms with van der Waals surface area (Å²) in [6.07, 6.45) is 0.940. The summed E-state index contributed by atoms with van der Waals surface area (Å²) in [7, 11) is -3.81. The van der Waals surface area contributed by atoms with Gasteiger partial charge in [0.25, 0.3) is 0 Å². The second kappa shape index (κ2) is 7.13. The normalized spacial score (nSPS) is 18.9. The van der Waals surface area contributed by atoms with E-state index in [0.29, 0.717) is 12.8 Å². The van der Waals surface area contributed by atoms with Gasteiger partial charge in [0.15, 0.2) is 0 Å². The number of rotatable bonds is 5. The van der Waals surface area contributed by atoms with Crippen LogP contribution < -0.4 is 5.32 Å². The molecule has 138 valence electrons. The molecule has 7 nitrogen and oxygen atoms in total. The van der Waals surface area contributed by atoms with Crippen LogP contribution in [0.5, 0.6) is 0 Å². The van der Waals surface area contributed by atoms with Gasteiger partial charge in [-0.15, -0.1) is 0 Å². The molecule has 1 atom stereocenters. The van der Waals surface area contributed by atoms with Crippen molar-refractivity contribution >= 4 is 21.9 Å². The molecule has 1 aromatic carbocycles. The quantitative estimate of drug-likeness (QED) is 0.816. The maximum Gasteiger partial charge on any atom is 0.322 e. The predicted octanol–water partition coefficient (Wildman–Crippen LogP) is 1.34. The van der Waals surface area contributed by atoms with E-state index >= 15 is 0 Å². The first kappa shape index (κ1) is 19.4. The Balaban J connectivity index is 2.22. The van der Waals surface area contributed by atoms with Crippen LogP contribution in [0.4, 0.5) is 0 Å². The van der Waals surface area contributed by atoms with Gasteiger partial charge in [-0.05, 0) is 36.0 Å². The molecule has 1 heterocycles. The Labute approximate surface area is 148 Å². The Kier molecular flexibility index (Phi) is 5.53. The van der Waals surface area contributed by atoms with Crippen LogP contribution in [0.1, 0.15) is 39.2 Å². The number of nitrogens with one attached hydrogen (secondary N) is 1. The summed E-state index contributed by atoms with van der Waals surface area (Å²) in [5.74, 6) is -1.74. The third kappa shape index (κ3) is 4.38. The number of amides is 1. The molecule has 1 aliphatic rings. The van der Waals surface area contributed by atoms with Crippen LogP contribution in [0, 0.1) is 0 Å². The SMILES string of the molecule is CC(C)(C)c1ccc(S(=O)(=O)N2CCCC2C(=O)NCC(=O)O)cc1. The summed E-state index contributed by atoms with van der Waals surface area (Å²) in [4.78, 5) is 22.9. The molecule has 0 saturated carbocycles. The Morgan fingerprint density at radius 1 is 1.24 bits per heavy atom. The van der Waals surface area contributed by atoms with Crippen LogP contribution in [-0.4, -0.2) is 48.8 Å². The summed E-state index contributed by atoms with van der Waals surface area (Å²) in [6, 6.07) is 5.80. The van der Waals surface area contributed by atoms with Crippen molar-refractivity contribution in [2.75, 3.05) is 13.1 Å². The lowest BCUT2D eigenvalue weighted by molar-refractivity contribution is -0.138. The van der Waals surface area contributed by atoms with Crippen LogP contribution in [-0.2, 0) is 25.0 Å². The summed E-state index contributed by atoms with van der Waals surface area (Å²) in [5.41, 5.74) is 0.929. The van der Waals surface area contributed by atoms with E-state index in [2.05, 4.69) is 5.32 Å². The molecule has 0 aromatic heterocycles. The molecule has 1 saturated heterocycles. The van der Waals surface area contributed by atoms with E-state index < -0.39 is 34.5 Å². The van der Waals surface area contributed by atoms with Crippen LogP contribution in [0.3, 0.4) is 0 Å². The number of carboxylic acids is 1. The maximum absolute atomic E-state index is 12.9. The highest BCUT2D eigenvalue weighted by molar-refractivity contribution is 7.89. The van der Waals surface area contributed by atoms with E-state index in [0.717, 1.165) is 9.87 Å². The Morgan fingerprint density at radius 3 is 2.36 bits per heavy atom. The zero-order valence-electron chi connectivity index (χ0n) is 14.7. The summed E-state index contributed by atoms with van der Waals surface area (Å²) >= 11 is 0. The number of carbonyl (C=O) groups is 2. The molecule has 2 rings (SSSR count). The van der Waals surface area contributed by atoms with Crippen LogP contribution in [0.25, 0.3) is 0 Å². The van der Waals surface area contributed by atoms with E-state index in [-0.39, 0.29) is 16.9 Å². The monoisotopic (exact) mass is 368 g/mol. The third-order valence-corrected chi connectivity index (χ3v) is 6.17. The van der Waals surface area contributed by atoms with E-state index in [1.165, 1.54) is 0 Å². The van der Waals surface area contributed by atoms with Crippen molar-refractivity contribution in [3.8, 4) is 0 Å². The number of carbonyl (C=O) groups excluding carboxylic acids is 1. The average molecular weight is 368 g/mol. The zero-order chi connectivity index (χ0) is 18.8. The first-order chi connectivity index (χ1) is 11.5. The second-order valence-corrected chi connectivity index (χ2v) is 9.05. The number of hydrogen-bond acceptors (Lipinski definition) is 4. The average Bonchev–Trinajstić information content (AvgIpc) is 3.02. The van der Waals surface area contributed by atoms with Gasteiger partial charge >= 0.3 is 5.97 Å². The number of benzene rings is 1. The van der Waals surface area contributed by atoms with Crippen molar-refractivity contribution in [2.45, 2.75) is 50.0 Å². The molecule has 0 aliphatic carbocycles. The highest BCUT2D eigenvalue weighted by atomic mass is 32.2. The molecule has 1 aromatic rings. The number of sulfonamides is 1. The Morgan fingerprint density at radius 2 is 1.84 bits per heavy atom. The van der Waals surface area contributed by atoms with Gasteiger partial charge in [-0.2, -0.15) is 4.31 Å². The molecular weight excluding hydrogens is 344 g/mol. The Bertz CT molecular complexity index is 750. The second-order valence-electron chi connectivity index (χ2n) is 7.16. The largest absolute Gasteiger partial charge is 0.480 e. The van der Waals surface area contributed by atoms with E-state index in [1.807, 2.05) is 20.8 Å². The molecule has 2 N–H and O–H groups in total. The Hall–Kier alpha value is -1.93. The number of hydrogen-bond donors (Lipinski definition) is 2. The third-order valence-electron chi connectivity index (χ3n) is 4.25. The molecule has 0 bridgehead atoms. The maximum atomic E-state index is 12.9. The molecule has 25 heavy (non-hydrogen) atoms. The van der Waals surface area contributed by atoms with Crippen molar-refractivity contribution in [3.05, 3.63) is 29.8 Å². The zero-order valence-corrected chi connectivity index (χ0v) is 15.5. The van der Waals surface area contributed by atoms with Gasteiger partial charge in [-0.3, -0.25) is 9.59 Å². The molecular formula is C17H24N2O5S. The smallest absolute Gasteiger partial charge is 0.322 e. The van der Waals surface area contributed by atoms with Gasteiger partial charge < -0.3 is 10.4 Å². The molecule has 1 unspecified atom stereocenters. The van der Waals surface area contributed by atoms with Gasteiger partial charge in [0, 0.05) is 6.54 Å². The van der Waals surface area contributed by atoms with Crippen molar-refractivity contribution in [2.24, 2.45) is 0 Å². The fourth-order valence-electron chi connectivity index (χ4n) is 2.83. The van der Waals surface area contributed by atoms with Crippen molar-refractivity contribution in [1.82, 2.24) is 9.62 Å². The molecule has 1 amide bonds. The van der Waals surface area contributed by atoms with Gasteiger partial charge in [-0.1, -0.05) is 32.9 Å². The van der Waals surface area contributed by atoms with Crippen LogP contribution >= 0.6 is 0 Å². The minimum atomic E-state index is -3.81. The van der Waals surface area contributed by atoms with E-state index in [9.17, 15) is 18.0 Å². The van der Waals surface area contributed by atoms with Gasteiger partial charge in [0.1, 0.15) is 12.6 Å². The van der Waals surface area contributed by atoms with Gasteiger partial charge in [0.05, 0.1) is 4.90 Å². The summed E-state index contributed by atoms with van der Waals surface area (Å²) in [6.45, 7) is 5.84. The topological polar surface area (TPSA) is 104 Å². The molecule has 1 aliphatic heterocycles. The van der Waals surface area contributed by atoms with E-state index in [1.54, 1.807) is 24.3 Å². The molecule has 0 radical (unpaired) electrons. The lowest BCUT2D eigenvalue weighted by Gasteiger charge is -2.24. The summed E-state index contributed by atoms with van der Waals surface area (Å²) < 4.78 is 26.9. The highest BCUT2D eigenvalue weighted by Gasteiger charge is 2.39. The number of aliphatic carboxylic acids is 1. The number of carboxylic acid groups (broad SMARTS) is 1. The van der Waals surface area contributed by atoms with E-state index in [4.69, 9.17) is 5.11 Å². The minimum absolute atomic E-state index is 0.0881. The van der Waals surface area contributed by atoms with Crippen molar-refractivity contribution in [1.29, 1.82) is 0 Å². The van der Waals surface area contributed by atoms with Gasteiger partial charge in [-0.25, -0.2) is 8.42 Å². The van der Waals surface area contributed by atoms with Crippen molar-refractivity contribution in [3.63, 3.8) is 0 Å². The standard InChI is InChI=1S/C17H24N2O5S/c1-17(2,3)12-6-8-13(9-7-12)25(23,24)19-10-4-5-14(19)16(22)18-11-15(20)21/h6-9,14H,4-5,10-11H2,1-3H3,(H,18,22)(H,20,21). The fraction of sp³-hybridized carbons (Fsp3) is 0.529. The van der Waals surface area contributed by atoms with Crippen LogP contribution in [0.15, 0.2) is 29.2 Å².